The van der Waals surface area contributed by atoms with E-state index in [1.165, 1.54) is 0 Å². The molecule has 1 aliphatic rings. The molecule has 0 radical (unpaired) electrons. The lowest BCUT2D eigenvalue weighted by molar-refractivity contribution is -0.122. The van der Waals surface area contributed by atoms with Crippen LogP contribution in [0.25, 0.3) is 0 Å². The molecule has 0 saturated carbocycles. The summed E-state index contributed by atoms with van der Waals surface area (Å²) in [6, 6.07) is 0.238. The van der Waals surface area contributed by atoms with Gasteiger partial charge in [0.05, 0.1) is 13.2 Å². The van der Waals surface area contributed by atoms with Crippen LogP contribution in [0, 0.1) is 0 Å². The number of unbranched alkanes of at least 4 members (excludes halogenated alkanes) is 2. The quantitative estimate of drug-likeness (QED) is 0.686. The van der Waals surface area contributed by atoms with Crippen molar-refractivity contribution in [2.45, 2.75) is 45.6 Å². The van der Waals surface area contributed by atoms with Gasteiger partial charge in [-0.05, 0) is 13.3 Å². The van der Waals surface area contributed by atoms with E-state index in [1.54, 1.807) is 0 Å². The molecule has 4 heteroatoms. The molecule has 0 aromatic carbocycles. The Hall–Kier alpha value is -0.610. The Kier molecular flexibility index (Phi) is 7.21. The van der Waals surface area contributed by atoms with E-state index < -0.39 is 0 Å². The predicted molar refractivity (Wildman–Crippen MR) is 69.0 cm³/mol. The molecule has 1 atom stereocenters. The molecular weight excluding hydrogens is 216 g/mol. The highest BCUT2D eigenvalue weighted by Gasteiger charge is 2.14. The fourth-order valence-electron chi connectivity index (χ4n) is 2.10. The molecule has 0 aliphatic carbocycles. The summed E-state index contributed by atoms with van der Waals surface area (Å²) in [5, 5.41) is 3.06. The molecule has 1 N–H and O–H groups in total. The van der Waals surface area contributed by atoms with E-state index >= 15 is 0 Å². The topological polar surface area (TPSA) is 41.6 Å². The summed E-state index contributed by atoms with van der Waals surface area (Å²) in [7, 11) is 0. The SMILES string of the molecule is CCCCCC(=O)NC(C)CN1CCOCC1. The van der Waals surface area contributed by atoms with Gasteiger partial charge < -0.3 is 10.1 Å². The first-order chi connectivity index (χ1) is 8.22. The van der Waals surface area contributed by atoms with E-state index in [9.17, 15) is 4.79 Å². The maximum Gasteiger partial charge on any atom is 0.220 e. The van der Waals surface area contributed by atoms with Gasteiger partial charge in [0, 0.05) is 32.1 Å². The fourth-order valence-corrected chi connectivity index (χ4v) is 2.10. The largest absolute Gasteiger partial charge is 0.379 e. The fraction of sp³-hybridized carbons (Fsp3) is 0.923. The lowest BCUT2D eigenvalue weighted by Crippen LogP contribution is -2.45. The minimum atomic E-state index is 0.194. The second-order valence-electron chi connectivity index (χ2n) is 4.84. The van der Waals surface area contributed by atoms with Crippen LogP contribution in [0.1, 0.15) is 39.5 Å². The molecule has 0 aromatic heterocycles. The molecule has 4 nitrogen and oxygen atoms in total. The highest BCUT2D eigenvalue weighted by atomic mass is 16.5. The molecular formula is C13H26N2O2. The lowest BCUT2D eigenvalue weighted by atomic mass is 10.2. The molecule has 0 bridgehead atoms. The van der Waals surface area contributed by atoms with Crippen LogP contribution in [0.15, 0.2) is 0 Å². The molecule has 1 rings (SSSR count). The molecule has 0 spiro atoms. The number of hydrogen-bond acceptors (Lipinski definition) is 3. The standard InChI is InChI=1S/C13H26N2O2/c1-3-4-5-6-13(16)14-12(2)11-15-7-9-17-10-8-15/h12H,3-11H2,1-2H3,(H,14,16). The first-order valence-electron chi connectivity index (χ1n) is 6.82. The van der Waals surface area contributed by atoms with Crippen molar-refractivity contribution in [1.82, 2.24) is 10.2 Å². The summed E-state index contributed by atoms with van der Waals surface area (Å²) in [5.41, 5.74) is 0. The van der Waals surface area contributed by atoms with E-state index in [1.807, 2.05) is 0 Å². The van der Waals surface area contributed by atoms with Crippen molar-refractivity contribution in [3.8, 4) is 0 Å². The highest BCUT2D eigenvalue weighted by molar-refractivity contribution is 5.76. The van der Waals surface area contributed by atoms with E-state index in [0.29, 0.717) is 6.42 Å². The van der Waals surface area contributed by atoms with E-state index in [4.69, 9.17) is 4.74 Å². The predicted octanol–water partition coefficient (Wildman–Crippen LogP) is 1.40. The summed E-state index contributed by atoms with van der Waals surface area (Å²) >= 11 is 0. The van der Waals surface area contributed by atoms with Crippen molar-refractivity contribution < 1.29 is 9.53 Å². The average Bonchev–Trinajstić information content (AvgIpc) is 2.30. The highest BCUT2D eigenvalue weighted by Crippen LogP contribution is 2.01. The monoisotopic (exact) mass is 242 g/mol. The van der Waals surface area contributed by atoms with Crippen molar-refractivity contribution in [2.24, 2.45) is 0 Å². The molecule has 1 heterocycles. The third kappa shape index (κ3) is 6.64. The summed E-state index contributed by atoms with van der Waals surface area (Å²) in [6.45, 7) is 8.76. The Bertz CT molecular complexity index is 215. The van der Waals surface area contributed by atoms with Gasteiger partial charge in [0.1, 0.15) is 0 Å². The van der Waals surface area contributed by atoms with Crippen molar-refractivity contribution in [2.75, 3.05) is 32.8 Å². The third-order valence-corrected chi connectivity index (χ3v) is 3.05. The van der Waals surface area contributed by atoms with E-state index in [2.05, 4.69) is 24.1 Å². The maximum atomic E-state index is 11.6. The smallest absolute Gasteiger partial charge is 0.220 e. The van der Waals surface area contributed by atoms with Crippen LogP contribution in [0.4, 0.5) is 0 Å². The number of hydrogen-bond donors (Lipinski definition) is 1. The molecule has 1 saturated heterocycles. The van der Waals surface area contributed by atoms with Crippen LogP contribution in [-0.2, 0) is 9.53 Å². The van der Waals surface area contributed by atoms with Gasteiger partial charge in [-0.25, -0.2) is 0 Å². The van der Waals surface area contributed by atoms with Crippen LogP contribution >= 0.6 is 0 Å². The zero-order valence-electron chi connectivity index (χ0n) is 11.2. The summed E-state index contributed by atoms with van der Waals surface area (Å²) in [5.74, 6) is 0.194. The molecule has 17 heavy (non-hydrogen) atoms. The third-order valence-electron chi connectivity index (χ3n) is 3.05. The average molecular weight is 242 g/mol. The number of nitrogens with zero attached hydrogens (tertiary/aromatic N) is 1. The van der Waals surface area contributed by atoms with Crippen LogP contribution in [0.2, 0.25) is 0 Å². The zero-order chi connectivity index (χ0) is 12.5. The van der Waals surface area contributed by atoms with E-state index in [-0.39, 0.29) is 11.9 Å². The van der Waals surface area contributed by atoms with Gasteiger partial charge in [-0.3, -0.25) is 9.69 Å². The van der Waals surface area contributed by atoms with Crippen LogP contribution in [-0.4, -0.2) is 49.7 Å². The first-order valence-corrected chi connectivity index (χ1v) is 6.82. The molecule has 1 fully saturated rings. The van der Waals surface area contributed by atoms with Gasteiger partial charge in [0.2, 0.25) is 5.91 Å². The van der Waals surface area contributed by atoms with Gasteiger partial charge in [-0.1, -0.05) is 19.8 Å². The second-order valence-corrected chi connectivity index (χ2v) is 4.84. The van der Waals surface area contributed by atoms with Gasteiger partial charge in [0.25, 0.3) is 0 Å². The van der Waals surface area contributed by atoms with Crippen LogP contribution < -0.4 is 5.32 Å². The van der Waals surface area contributed by atoms with Gasteiger partial charge >= 0.3 is 0 Å². The second kappa shape index (κ2) is 8.48. The number of rotatable bonds is 7. The number of ether oxygens (including phenoxy) is 1. The van der Waals surface area contributed by atoms with Crippen molar-refractivity contribution in [3.05, 3.63) is 0 Å². The Balaban J connectivity index is 2.10. The Morgan fingerprint density at radius 3 is 2.71 bits per heavy atom. The van der Waals surface area contributed by atoms with Crippen molar-refractivity contribution in [1.29, 1.82) is 0 Å². The number of carbonyl (C=O) groups is 1. The molecule has 1 amide bonds. The zero-order valence-corrected chi connectivity index (χ0v) is 11.2. The lowest BCUT2D eigenvalue weighted by Gasteiger charge is -2.29. The number of nitrogens with one attached hydrogen (secondary N) is 1. The molecule has 0 aromatic rings. The normalized spacial score (nSPS) is 18.9. The van der Waals surface area contributed by atoms with Gasteiger partial charge in [-0.15, -0.1) is 0 Å². The first kappa shape index (κ1) is 14.5. The molecule has 1 aliphatic heterocycles. The number of morpholine rings is 1. The van der Waals surface area contributed by atoms with Crippen molar-refractivity contribution >= 4 is 5.91 Å². The molecule has 1 unspecified atom stereocenters. The maximum absolute atomic E-state index is 11.6. The number of carbonyl (C=O) groups excluding carboxylic acids is 1. The minimum absolute atomic E-state index is 0.194. The molecule has 100 valence electrons. The summed E-state index contributed by atoms with van der Waals surface area (Å²) in [4.78, 5) is 14.0. The van der Waals surface area contributed by atoms with Crippen LogP contribution in [0.5, 0.6) is 0 Å². The van der Waals surface area contributed by atoms with Crippen LogP contribution in [0.3, 0.4) is 0 Å². The Morgan fingerprint density at radius 2 is 2.06 bits per heavy atom. The van der Waals surface area contributed by atoms with Gasteiger partial charge in [-0.2, -0.15) is 0 Å². The summed E-state index contributed by atoms with van der Waals surface area (Å²) in [6.07, 6.45) is 3.98. The number of amides is 1. The van der Waals surface area contributed by atoms with Gasteiger partial charge in [0.15, 0.2) is 0 Å². The minimum Gasteiger partial charge on any atom is -0.379 e. The summed E-state index contributed by atoms with van der Waals surface area (Å²) < 4.78 is 5.30. The Labute approximate surface area is 105 Å². The van der Waals surface area contributed by atoms with Crippen molar-refractivity contribution in [3.63, 3.8) is 0 Å². The Morgan fingerprint density at radius 1 is 1.35 bits per heavy atom. The van der Waals surface area contributed by atoms with E-state index in [0.717, 1.165) is 52.1 Å².